The van der Waals surface area contributed by atoms with Crippen LogP contribution in [0.15, 0.2) is 67.0 Å². The van der Waals surface area contributed by atoms with Gasteiger partial charge in [0.25, 0.3) is 0 Å². The number of unbranched alkanes of at least 4 members (excludes halogenated alkanes) is 1. The number of para-hydroxylation sites is 1. The number of aliphatic carboxylic acids is 1. The molecule has 0 saturated carbocycles. The van der Waals surface area contributed by atoms with Gasteiger partial charge in [0.1, 0.15) is 24.2 Å². The summed E-state index contributed by atoms with van der Waals surface area (Å²) in [4.78, 5) is 30.9. The summed E-state index contributed by atoms with van der Waals surface area (Å²) in [6, 6.07) is 17.3. The fraction of sp³-hybridized carbons (Fsp3) is 0.424. The third-order valence-electron chi connectivity index (χ3n) is 8.41. The van der Waals surface area contributed by atoms with E-state index in [0.29, 0.717) is 26.1 Å². The molecule has 1 fully saturated rings. The van der Waals surface area contributed by atoms with Gasteiger partial charge < -0.3 is 19.5 Å². The minimum absolute atomic E-state index is 0.0261. The maximum Gasteiger partial charge on any atom is 0.308 e. The molecule has 1 saturated heterocycles. The predicted octanol–water partition coefficient (Wildman–Crippen LogP) is 4.00. The summed E-state index contributed by atoms with van der Waals surface area (Å²) in [6.07, 6.45) is 7.04. The lowest BCUT2D eigenvalue weighted by Gasteiger charge is -2.29. The van der Waals surface area contributed by atoms with Crippen LogP contribution in [-0.2, 0) is 29.5 Å². The molecule has 2 aliphatic heterocycles. The molecular formula is C33H40N3O5+. The summed E-state index contributed by atoms with van der Waals surface area (Å²) in [5.74, 6) is -0.223. The molecule has 8 heteroatoms. The van der Waals surface area contributed by atoms with Crippen molar-refractivity contribution >= 4 is 17.6 Å². The molecule has 0 aliphatic carbocycles. The van der Waals surface area contributed by atoms with Crippen LogP contribution in [0, 0.1) is 5.92 Å². The van der Waals surface area contributed by atoms with E-state index in [9.17, 15) is 14.7 Å². The molecule has 1 N–H and O–H groups in total. The summed E-state index contributed by atoms with van der Waals surface area (Å²) in [6.45, 7) is 3.98. The fourth-order valence-electron chi connectivity index (χ4n) is 6.32. The van der Waals surface area contributed by atoms with E-state index in [2.05, 4.69) is 17.9 Å². The lowest BCUT2D eigenvalue weighted by atomic mass is 9.82. The Kier molecular flexibility index (Phi) is 8.88. The van der Waals surface area contributed by atoms with Crippen molar-refractivity contribution in [2.24, 2.45) is 13.0 Å². The minimum atomic E-state index is -0.848. The van der Waals surface area contributed by atoms with E-state index in [-0.39, 0.29) is 24.4 Å². The van der Waals surface area contributed by atoms with Crippen molar-refractivity contribution in [1.82, 2.24) is 4.90 Å². The average molecular weight is 559 g/mol. The number of carboxylic acid groups (broad SMARTS) is 1. The van der Waals surface area contributed by atoms with E-state index in [0.717, 1.165) is 53.1 Å². The largest absolute Gasteiger partial charge is 0.496 e. The van der Waals surface area contributed by atoms with Crippen molar-refractivity contribution < 1.29 is 28.7 Å². The summed E-state index contributed by atoms with van der Waals surface area (Å²) >= 11 is 0. The molecule has 1 amide bonds. The fourth-order valence-corrected chi connectivity index (χ4v) is 6.32. The number of ether oxygens (including phenoxy) is 2. The highest BCUT2D eigenvalue weighted by atomic mass is 16.5. The normalized spacial score (nSPS) is 19.9. The van der Waals surface area contributed by atoms with Crippen LogP contribution >= 0.6 is 0 Å². The van der Waals surface area contributed by atoms with Crippen LogP contribution in [0.4, 0.5) is 5.69 Å². The van der Waals surface area contributed by atoms with Gasteiger partial charge in [-0.15, -0.1) is 0 Å². The van der Waals surface area contributed by atoms with Gasteiger partial charge in [0.2, 0.25) is 5.91 Å². The highest BCUT2D eigenvalue weighted by Crippen LogP contribution is 2.41. The molecule has 8 nitrogen and oxygen atoms in total. The topological polar surface area (TPSA) is 83.2 Å². The first-order valence-electron chi connectivity index (χ1n) is 14.5. The number of carbonyl (C=O) groups excluding carboxylic acids is 1. The summed E-state index contributed by atoms with van der Waals surface area (Å²) < 4.78 is 13.3. The van der Waals surface area contributed by atoms with Crippen LogP contribution in [0.1, 0.15) is 42.4 Å². The molecule has 1 unspecified atom stereocenters. The lowest BCUT2D eigenvalue weighted by molar-refractivity contribution is -0.670. The van der Waals surface area contributed by atoms with Gasteiger partial charge in [-0.1, -0.05) is 43.7 Å². The number of nitrogens with zero attached hydrogens (tertiary/aromatic N) is 3. The van der Waals surface area contributed by atoms with Gasteiger partial charge in [0.15, 0.2) is 12.4 Å². The van der Waals surface area contributed by atoms with Gasteiger partial charge in [0, 0.05) is 37.5 Å². The number of aryl methyl sites for hydroxylation is 1. The number of benzene rings is 2. The molecule has 216 valence electrons. The number of carbonyl (C=O) groups is 2. The molecule has 2 aliphatic rings. The van der Waals surface area contributed by atoms with Crippen molar-refractivity contribution in [2.45, 2.75) is 44.6 Å². The first-order valence-corrected chi connectivity index (χ1v) is 14.5. The van der Waals surface area contributed by atoms with E-state index >= 15 is 0 Å². The standard InChI is InChI=1S/C33H39N3O5/c1-4-5-16-36(26-10-8-15-34(2)20-26)31(37)22-35-21-27(23-12-13-30-25(18-23)14-17-41-30)32(33(38)39)28(35)19-24-9-6-7-11-29(24)40-3/h6-13,15,18,20,27-28,32H,4-5,14,16-17,19,21-22H2,1-3H3/p+1/t27-,28+,32?/m1/s1. The van der Waals surface area contributed by atoms with E-state index in [1.807, 2.05) is 77.4 Å². The first-order chi connectivity index (χ1) is 19.9. The number of fused-ring (bicyclic) bond motifs is 1. The zero-order valence-corrected chi connectivity index (χ0v) is 24.2. The van der Waals surface area contributed by atoms with Crippen LogP contribution in [0.25, 0.3) is 0 Å². The number of anilines is 1. The highest BCUT2D eigenvalue weighted by Gasteiger charge is 2.47. The maximum atomic E-state index is 14.0. The van der Waals surface area contributed by atoms with Crippen LogP contribution in [-0.4, -0.2) is 61.3 Å². The number of hydrogen-bond donors (Lipinski definition) is 1. The van der Waals surface area contributed by atoms with E-state index in [1.165, 1.54) is 0 Å². The molecule has 0 spiro atoms. The number of hydrogen-bond acceptors (Lipinski definition) is 5. The zero-order chi connectivity index (χ0) is 28.9. The Morgan fingerprint density at radius 3 is 2.76 bits per heavy atom. The quantitative estimate of drug-likeness (QED) is 0.359. The SMILES string of the molecule is CCCCN(C(=O)CN1C[C@H](c2ccc3c(c2)CCO3)C(C(=O)O)[C@@H]1Cc1ccccc1OC)c1ccc[n+](C)c1. The number of aromatic nitrogens is 1. The zero-order valence-electron chi connectivity index (χ0n) is 24.2. The average Bonchev–Trinajstić information content (AvgIpc) is 3.58. The lowest BCUT2D eigenvalue weighted by Crippen LogP contribution is -2.46. The Balaban J connectivity index is 1.49. The van der Waals surface area contributed by atoms with Crippen molar-refractivity contribution in [3.8, 4) is 11.5 Å². The van der Waals surface area contributed by atoms with E-state index in [4.69, 9.17) is 9.47 Å². The molecule has 1 aromatic heterocycles. The second kappa shape index (κ2) is 12.7. The summed E-state index contributed by atoms with van der Waals surface area (Å²) in [5.41, 5.74) is 3.88. The van der Waals surface area contributed by atoms with Gasteiger partial charge in [-0.2, -0.15) is 0 Å². The van der Waals surface area contributed by atoms with Gasteiger partial charge in [-0.05, 0) is 47.7 Å². The Labute approximate surface area is 242 Å². The monoisotopic (exact) mass is 558 g/mol. The van der Waals surface area contributed by atoms with E-state index < -0.39 is 11.9 Å². The number of likely N-dealkylation sites (tertiary alicyclic amines) is 1. The molecule has 5 rings (SSSR count). The van der Waals surface area contributed by atoms with Crippen LogP contribution < -0.4 is 18.9 Å². The highest BCUT2D eigenvalue weighted by molar-refractivity contribution is 5.94. The third kappa shape index (κ3) is 6.22. The van der Waals surface area contributed by atoms with Gasteiger partial charge in [-0.3, -0.25) is 14.5 Å². The second-order valence-electron chi connectivity index (χ2n) is 11.1. The number of methoxy groups -OCH3 is 1. The number of pyridine rings is 1. The predicted molar refractivity (Wildman–Crippen MR) is 156 cm³/mol. The smallest absolute Gasteiger partial charge is 0.308 e. The number of rotatable bonds is 11. The number of amides is 1. The van der Waals surface area contributed by atoms with Crippen molar-refractivity contribution in [3.05, 3.63) is 83.7 Å². The first kappa shape index (κ1) is 28.6. The Bertz CT molecular complexity index is 1390. The van der Waals surface area contributed by atoms with Crippen LogP contribution in [0.2, 0.25) is 0 Å². The summed E-state index contributed by atoms with van der Waals surface area (Å²) in [7, 11) is 3.57. The molecule has 0 bridgehead atoms. The molecule has 2 aromatic carbocycles. The Morgan fingerprint density at radius 1 is 1.17 bits per heavy atom. The Morgan fingerprint density at radius 2 is 2.00 bits per heavy atom. The van der Waals surface area contributed by atoms with Crippen LogP contribution in [0.5, 0.6) is 11.5 Å². The van der Waals surface area contributed by atoms with Gasteiger partial charge in [0.05, 0.1) is 26.2 Å². The van der Waals surface area contributed by atoms with Crippen molar-refractivity contribution in [2.75, 3.05) is 38.3 Å². The van der Waals surface area contributed by atoms with Crippen molar-refractivity contribution in [1.29, 1.82) is 0 Å². The molecule has 3 aromatic rings. The minimum Gasteiger partial charge on any atom is -0.496 e. The molecule has 0 radical (unpaired) electrons. The molecule has 41 heavy (non-hydrogen) atoms. The number of carboxylic acids is 1. The Hall–Kier alpha value is -3.91. The van der Waals surface area contributed by atoms with Gasteiger partial charge in [-0.25, -0.2) is 4.57 Å². The van der Waals surface area contributed by atoms with Gasteiger partial charge >= 0.3 is 5.97 Å². The molecule has 3 heterocycles. The third-order valence-corrected chi connectivity index (χ3v) is 8.41. The maximum absolute atomic E-state index is 14.0. The second-order valence-corrected chi connectivity index (χ2v) is 11.1. The van der Waals surface area contributed by atoms with E-state index in [1.54, 1.807) is 7.11 Å². The summed E-state index contributed by atoms with van der Waals surface area (Å²) in [5, 5.41) is 10.6. The van der Waals surface area contributed by atoms with Crippen LogP contribution in [0.3, 0.4) is 0 Å². The molecular weight excluding hydrogens is 518 g/mol. The van der Waals surface area contributed by atoms with Crippen molar-refractivity contribution in [3.63, 3.8) is 0 Å². The molecule has 3 atom stereocenters.